The second kappa shape index (κ2) is 8.02. The van der Waals surface area contributed by atoms with E-state index in [9.17, 15) is 4.79 Å². The largest absolute Gasteiger partial charge is 0.338 e. The third-order valence-electron chi connectivity index (χ3n) is 5.00. The number of rotatable bonds is 3. The highest BCUT2D eigenvalue weighted by Gasteiger charge is 2.28. The Morgan fingerprint density at radius 1 is 1.14 bits per heavy atom. The minimum absolute atomic E-state index is 0.0231. The zero-order valence-corrected chi connectivity index (χ0v) is 16.3. The summed E-state index contributed by atoms with van der Waals surface area (Å²) in [6, 6.07) is 7.29. The molecule has 142 valence electrons. The van der Waals surface area contributed by atoms with E-state index in [0.717, 1.165) is 42.0 Å². The van der Waals surface area contributed by atoms with Crippen LogP contribution in [0.2, 0.25) is 5.15 Å². The molecule has 0 aliphatic carbocycles. The topological polar surface area (TPSA) is 71.9 Å². The first-order valence-electron chi connectivity index (χ1n) is 9.26. The van der Waals surface area contributed by atoms with Crippen molar-refractivity contribution in [2.45, 2.75) is 25.7 Å². The number of piperidine rings is 1. The van der Waals surface area contributed by atoms with Crippen molar-refractivity contribution in [3.05, 3.63) is 71.3 Å². The fourth-order valence-electron chi connectivity index (χ4n) is 3.62. The molecule has 4 rings (SSSR count). The van der Waals surface area contributed by atoms with E-state index in [-0.39, 0.29) is 11.8 Å². The lowest BCUT2D eigenvalue weighted by Gasteiger charge is -2.33. The average Bonchev–Trinajstić information content (AvgIpc) is 2.74. The number of amides is 1. The molecule has 7 heteroatoms. The lowest BCUT2D eigenvalue weighted by molar-refractivity contribution is 0.0705. The van der Waals surface area contributed by atoms with Crippen molar-refractivity contribution in [1.82, 2.24) is 24.8 Å². The molecule has 3 aromatic rings. The first-order valence-corrected chi connectivity index (χ1v) is 9.64. The van der Waals surface area contributed by atoms with Crippen molar-refractivity contribution in [3.8, 4) is 11.1 Å². The lowest BCUT2D eigenvalue weighted by atomic mass is 9.90. The van der Waals surface area contributed by atoms with Crippen molar-refractivity contribution in [2.75, 3.05) is 13.1 Å². The van der Waals surface area contributed by atoms with E-state index in [1.165, 1.54) is 6.20 Å². The van der Waals surface area contributed by atoms with Gasteiger partial charge >= 0.3 is 0 Å². The summed E-state index contributed by atoms with van der Waals surface area (Å²) in [4.78, 5) is 32.1. The van der Waals surface area contributed by atoms with Gasteiger partial charge in [0.2, 0.25) is 0 Å². The molecule has 3 aromatic heterocycles. The first kappa shape index (κ1) is 18.5. The molecule has 1 saturated heterocycles. The van der Waals surface area contributed by atoms with Gasteiger partial charge in [-0.3, -0.25) is 9.78 Å². The van der Waals surface area contributed by atoms with Crippen LogP contribution in [0.3, 0.4) is 0 Å². The van der Waals surface area contributed by atoms with Gasteiger partial charge in [-0.2, -0.15) is 0 Å². The highest BCUT2D eigenvalue weighted by molar-refractivity contribution is 6.29. The predicted molar refractivity (Wildman–Crippen MR) is 107 cm³/mol. The molecule has 1 amide bonds. The summed E-state index contributed by atoms with van der Waals surface area (Å²) in [7, 11) is 0. The Hall–Kier alpha value is -2.86. The van der Waals surface area contributed by atoms with Crippen LogP contribution >= 0.6 is 11.6 Å². The maximum absolute atomic E-state index is 12.9. The minimum atomic E-state index is -0.0231. The average molecular weight is 394 g/mol. The lowest BCUT2D eigenvalue weighted by Crippen LogP contribution is -2.39. The number of carbonyl (C=O) groups excluding carboxylic acids is 1. The van der Waals surface area contributed by atoms with E-state index in [4.69, 9.17) is 16.6 Å². The van der Waals surface area contributed by atoms with E-state index in [1.54, 1.807) is 24.5 Å². The molecular weight excluding hydrogens is 374 g/mol. The van der Waals surface area contributed by atoms with Crippen molar-refractivity contribution in [1.29, 1.82) is 0 Å². The molecular formula is C21H20ClN5O. The molecule has 0 bridgehead atoms. The minimum Gasteiger partial charge on any atom is -0.338 e. The van der Waals surface area contributed by atoms with Gasteiger partial charge in [0.15, 0.2) is 0 Å². The SMILES string of the molecule is Cc1ncc(-c2ccncc2)c([C@@H]2CCCN(C(=O)c3ccc(Cl)nc3)C2)n1. The zero-order valence-electron chi connectivity index (χ0n) is 15.5. The summed E-state index contributed by atoms with van der Waals surface area (Å²) in [5.74, 6) is 0.867. The van der Waals surface area contributed by atoms with Crippen molar-refractivity contribution >= 4 is 17.5 Å². The third-order valence-corrected chi connectivity index (χ3v) is 5.22. The predicted octanol–water partition coefficient (Wildman–Crippen LogP) is 3.92. The van der Waals surface area contributed by atoms with Gasteiger partial charge in [-0.1, -0.05) is 11.6 Å². The normalized spacial score (nSPS) is 16.8. The van der Waals surface area contributed by atoms with E-state index >= 15 is 0 Å². The molecule has 1 fully saturated rings. The van der Waals surface area contributed by atoms with Crippen LogP contribution in [0.25, 0.3) is 11.1 Å². The molecule has 6 nitrogen and oxygen atoms in total. The molecule has 4 heterocycles. The van der Waals surface area contributed by atoms with Crippen molar-refractivity contribution in [2.24, 2.45) is 0 Å². The van der Waals surface area contributed by atoms with Gasteiger partial charge in [-0.25, -0.2) is 15.0 Å². The van der Waals surface area contributed by atoms with Crippen LogP contribution in [0.1, 0.15) is 40.6 Å². The van der Waals surface area contributed by atoms with Crippen molar-refractivity contribution in [3.63, 3.8) is 0 Å². The number of nitrogens with zero attached hydrogens (tertiary/aromatic N) is 5. The number of hydrogen-bond donors (Lipinski definition) is 0. The molecule has 1 aliphatic heterocycles. The monoisotopic (exact) mass is 393 g/mol. The standard InChI is InChI=1S/C21H20ClN5O/c1-14-24-12-18(15-6-8-23-9-7-15)20(26-14)17-3-2-10-27(13-17)21(28)16-4-5-19(22)25-11-16/h4-9,11-12,17H,2-3,10,13H2,1H3/t17-/m1/s1. The van der Waals surface area contributed by atoms with Gasteiger partial charge in [0.1, 0.15) is 11.0 Å². The van der Waals surface area contributed by atoms with Gasteiger partial charge in [0.25, 0.3) is 5.91 Å². The molecule has 0 unspecified atom stereocenters. The second-order valence-electron chi connectivity index (χ2n) is 6.91. The maximum Gasteiger partial charge on any atom is 0.255 e. The summed E-state index contributed by atoms with van der Waals surface area (Å²) in [5.41, 5.74) is 3.58. The molecule has 1 atom stereocenters. The Bertz CT molecular complexity index is 978. The number of likely N-dealkylation sites (tertiary alicyclic amines) is 1. The second-order valence-corrected chi connectivity index (χ2v) is 7.30. The number of aryl methyl sites for hydroxylation is 1. The van der Waals surface area contributed by atoms with Gasteiger partial charge in [0, 0.05) is 49.4 Å². The summed E-state index contributed by atoms with van der Waals surface area (Å²) >= 11 is 5.84. The first-order chi connectivity index (χ1) is 13.6. The molecule has 0 spiro atoms. The number of aromatic nitrogens is 4. The van der Waals surface area contributed by atoms with Gasteiger partial charge in [-0.15, -0.1) is 0 Å². The molecule has 28 heavy (non-hydrogen) atoms. The Morgan fingerprint density at radius 2 is 1.96 bits per heavy atom. The Kier molecular flexibility index (Phi) is 5.30. The van der Waals surface area contributed by atoms with Crippen LogP contribution in [-0.4, -0.2) is 43.8 Å². The molecule has 0 radical (unpaired) electrons. The highest BCUT2D eigenvalue weighted by atomic mass is 35.5. The Balaban J connectivity index is 1.62. The number of hydrogen-bond acceptors (Lipinski definition) is 5. The van der Waals surface area contributed by atoms with Crippen LogP contribution < -0.4 is 0 Å². The third kappa shape index (κ3) is 3.87. The maximum atomic E-state index is 12.9. The Morgan fingerprint density at radius 3 is 2.71 bits per heavy atom. The number of pyridine rings is 2. The van der Waals surface area contributed by atoms with Crippen LogP contribution in [0.4, 0.5) is 0 Å². The summed E-state index contributed by atoms with van der Waals surface area (Å²) in [5, 5.41) is 0.381. The molecule has 0 N–H and O–H groups in total. The Labute approximate surface area is 168 Å². The fourth-order valence-corrected chi connectivity index (χ4v) is 3.73. The van der Waals surface area contributed by atoms with Crippen LogP contribution in [-0.2, 0) is 0 Å². The van der Waals surface area contributed by atoms with Gasteiger partial charge in [0.05, 0.1) is 11.3 Å². The smallest absolute Gasteiger partial charge is 0.255 e. The van der Waals surface area contributed by atoms with Crippen molar-refractivity contribution < 1.29 is 4.79 Å². The number of carbonyl (C=O) groups is 1. The highest BCUT2D eigenvalue weighted by Crippen LogP contribution is 2.33. The van der Waals surface area contributed by atoms with Crippen LogP contribution in [0, 0.1) is 6.92 Å². The summed E-state index contributed by atoms with van der Waals surface area (Å²) in [6.07, 6.45) is 8.85. The molecule has 0 saturated carbocycles. The molecule has 1 aliphatic rings. The summed E-state index contributed by atoms with van der Waals surface area (Å²) in [6.45, 7) is 3.24. The fraction of sp³-hybridized carbons (Fsp3) is 0.286. The van der Waals surface area contributed by atoms with Crippen LogP contribution in [0.15, 0.2) is 49.1 Å². The van der Waals surface area contributed by atoms with E-state index in [1.807, 2.05) is 30.2 Å². The van der Waals surface area contributed by atoms with E-state index in [2.05, 4.69) is 15.0 Å². The quantitative estimate of drug-likeness (QED) is 0.631. The zero-order chi connectivity index (χ0) is 19.5. The van der Waals surface area contributed by atoms with Crippen LogP contribution in [0.5, 0.6) is 0 Å². The van der Waals surface area contributed by atoms with Gasteiger partial charge in [-0.05, 0) is 49.6 Å². The van der Waals surface area contributed by atoms with Gasteiger partial charge < -0.3 is 4.90 Å². The number of halogens is 1. The molecule has 0 aromatic carbocycles. The van der Waals surface area contributed by atoms with E-state index < -0.39 is 0 Å². The van der Waals surface area contributed by atoms with E-state index in [0.29, 0.717) is 17.3 Å². The summed E-state index contributed by atoms with van der Waals surface area (Å²) < 4.78 is 0.